The summed E-state index contributed by atoms with van der Waals surface area (Å²) in [5.74, 6) is 0. The van der Waals surface area contributed by atoms with Crippen LogP contribution < -0.4 is 10.4 Å². The van der Waals surface area contributed by atoms with Crippen LogP contribution in [0.1, 0.15) is 5.56 Å². The molecule has 1 N–H and O–H groups in total. The molecule has 2 aromatic carbocycles. The molecule has 5 nitrogen and oxygen atoms in total. The highest BCUT2D eigenvalue weighted by molar-refractivity contribution is 7.81. The fraction of sp³-hybridized carbons (Fsp3) is 0.0625. The van der Waals surface area contributed by atoms with Gasteiger partial charge in [0.05, 0.1) is 21.7 Å². The summed E-state index contributed by atoms with van der Waals surface area (Å²) in [6.45, 7) is 0.402. The molecule has 7 heteroatoms. The summed E-state index contributed by atoms with van der Waals surface area (Å²) >= 11 is 11.6. The highest BCUT2D eigenvalue weighted by Gasteiger charge is 2.50. The van der Waals surface area contributed by atoms with Gasteiger partial charge in [-0.1, -0.05) is 58.3 Å². The number of hydroxylamine groups is 1. The fourth-order valence-electron chi connectivity index (χ4n) is 2.92. The summed E-state index contributed by atoms with van der Waals surface area (Å²) in [5, 5.41) is 22.1. The zero-order valence-corrected chi connectivity index (χ0v) is 13.5. The minimum Gasteiger partial charge on any atom is -0.242 e. The van der Waals surface area contributed by atoms with Crippen molar-refractivity contribution in [3.63, 3.8) is 0 Å². The van der Waals surface area contributed by atoms with Gasteiger partial charge in [-0.3, -0.25) is 0 Å². The van der Waals surface area contributed by atoms with Crippen LogP contribution in [0.15, 0.2) is 58.9 Å². The van der Waals surface area contributed by atoms with E-state index in [0.717, 1.165) is 16.0 Å². The van der Waals surface area contributed by atoms with E-state index in [0.29, 0.717) is 27.5 Å². The smallest absolute Gasteiger partial charge is 0.235 e. The Hall–Kier alpha value is -2.12. The van der Waals surface area contributed by atoms with E-state index >= 15 is 0 Å². The molecule has 0 spiro atoms. The third-order valence-electron chi connectivity index (χ3n) is 3.98. The highest BCUT2D eigenvalue weighted by atomic mass is 35.5. The minimum absolute atomic E-state index is 0.226. The van der Waals surface area contributed by atoms with E-state index in [4.69, 9.17) is 23.8 Å². The van der Waals surface area contributed by atoms with Crippen LogP contribution in [0.5, 0.6) is 0 Å². The van der Waals surface area contributed by atoms with Gasteiger partial charge in [0.2, 0.25) is 10.7 Å². The van der Waals surface area contributed by atoms with Gasteiger partial charge in [-0.2, -0.15) is 0 Å². The summed E-state index contributed by atoms with van der Waals surface area (Å²) in [7, 11) is 0. The van der Waals surface area contributed by atoms with Gasteiger partial charge in [-0.15, -0.1) is 0 Å². The number of quaternary nitrogens is 1. The molecule has 0 aliphatic carbocycles. The highest BCUT2D eigenvalue weighted by Crippen LogP contribution is 2.34. The number of halogens is 1. The molecular formula is C16H12ClN4OS+. The first kappa shape index (κ1) is 14.5. The van der Waals surface area contributed by atoms with Gasteiger partial charge in [0, 0.05) is 10.8 Å². The number of nitrogens with zero attached hydrogens (tertiary/aromatic N) is 4. The number of thiocarbonyl (C=S) groups is 1. The lowest BCUT2D eigenvalue weighted by atomic mass is 10.1. The molecular weight excluding hydrogens is 332 g/mol. The van der Waals surface area contributed by atoms with Crippen molar-refractivity contribution in [1.82, 2.24) is 5.17 Å². The SMILES string of the molecule is ON1C=c2c(Cl)cccc2=C2C(=S)N=N[N+]21Cc1ccccc1. The van der Waals surface area contributed by atoms with Crippen molar-refractivity contribution in [2.45, 2.75) is 6.54 Å². The fourth-order valence-corrected chi connectivity index (χ4v) is 3.43. The van der Waals surface area contributed by atoms with Crippen molar-refractivity contribution in [2.24, 2.45) is 10.3 Å². The average Bonchev–Trinajstić information content (AvgIpc) is 2.89. The van der Waals surface area contributed by atoms with E-state index in [1.807, 2.05) is 42.5 Å². The molecule has 1 unspecified atom stereocenters. The van der Waals surface area contributed by atoms with E-state index in [9.17, 15) is 5.21 Å². The van der Waals surface area contributed by atoms with Gasteiger partial charge in [0.15, 0.2) is 6.54 Å². The molecule has 0 saturated heterocycles. The Bertz CT molecular complexity index is 960. The van der Waals surface area contributed by atoms with Crippen molar-refractivity contribution in [2.75, 3.05) is 0 Å². The normalized spacial score (nSPS) is 21.9. The lowest BCUT2D eigenvalue weighted by Crippen LogP contribution is -2.57. The van der Waals surface area contributed by atoms with Gasteiger partial charge < -0.3 is 0 Å². The molecule has 1 atom stereocenters. The predicted molar refractivity (Wildman–Crippen MR) is 90.1 cm³/mol. The zero-order valence-electron chi connectivity index (χ0n) is 11.9. The zero-order chi connectivity index (χ0) is 16.0. The molecule has 2 heterocycles. The van der Waals surface area contributed by atoms with Crippen LogP contribution in [-0.4, -0.2) is 20.1 Å². The largest absolute Gasteiger partial charge is 0.242 e. The summed E-state index contributed by atoms with van der Waals surface area (Å²) in [4.78, 5) is 0.358. The lowest BCUT2D eigenvalue weighted by Gasteiger charge is -2.33. The van der Waals surface area contributed by atoms with Gasteiger partial charge in [0.25, 0.3) is 0 Å². The lowest BCUT2D eigenvalue weighted by molar-refractivity contribution is -1.02. The predicted octanol–water partition coefficient (Wildman–Crippen LogP) is 2.53. The second-order valence-electron chi connectivity index (χ2n) is 5.37. The first-order valence-corrected chi connectivity index (χ1v) is 7.80. The Morgan fingerprint density at radius 2 is 1.91 bits per heavy atom. The van der Waals surface area contributed by atoms with Crippen LogP contribution in [0.2, 0.25) is 5.02 Å². The first-order valence-electron chi connectivity index (χ1n) is 7.01. The first-order chi connectivity index (χ1) is 11.1. The van der Waals surface area contributed by atoms with E-state index < -0.39 is 0 Å². The Labute approximate surface area is 142 Å². The van der Waals surface area contributed by atoms with E-state index in [1.165, 1.54) is 0 Å². The van der Waals surface area contributed by atoms with E-state index in [2.05, 4.69) is 10.3 Å². The maximum Gasteiger partial charge on any atom is 0.235 e. The molecule has 0 amide bonds. The van der Waals surface area contributed by atoms with Gasteiger partial charge in [-0.25, -0.2) is 5.21 Å². The summed E-state index contributed by atoms with van der Waals surface area (Å²) < 4.78 is -0.226. The summed E-state index contributed by atoms with van der Waals surface area (Å²) in [5.41, 5.74) is 1.66. The van der Waals surface area contributed by atoms with Crippen LogP contribution in [0, 0.1) is 0 Å². The second kappa shape index (κ2) is 5.21. The number of benzene rings is 2. The van der Waals surface area contributed by atoms with Crippen LogP contribution in [0.25, 0.3) is 11.9 Å². The quantitative estimate of drug-likeness (QED) is 0.673. The molecule has 23 heavy (non-hydrogen) atoms. The summed E-state index contributed by atoms with van der Waals surface area (Å²) in [6.07, 6.45) is 1.57. The van der Waals surface area contributed by atoms with Gasteiger partial charge in [-0.05, 0) is 29.1 Å². The molecule has 2 aliphatic heterocycles. The Morgan fingerprint density at radius 1 is 1.13 bits per heavy atom. The van der Waals surface area contributed by atoms with Gasteiger partial charge >= 0.3 is 0 Å². The standard InChI is InChI=1S/C16H12ClN4OS/c17-14-8-4-7-12-13(14)9-20(22)21(15(12)16(23)18-19-21)10-11-5-2-1-3-6-11/h1-9,22H,10H2/q+1. The third kappa shape index (κ3) is 2.11. The summed E-state index contributed by atoms with van der Waals surface area (Å²) in [6, 6.07) is 15.3. The molecule has 2 aliphatic rings. The van der Waals surface area contributed by atoms with Crippen LogP contribution in [0.4, 0.5) is 0 Å². The molecule has 0 fully saturated rings. The topological polar surface area (TPSA) is 48.2 Å². The van der Waals surface area contributed by atoms with Crippen molar-refractivity contribution in [3.8, 4) is 0 Å². The maximum atomic E-state index is 10.6. The monoisotopic (exact) mass is 343 g/mol. The molecule has 0 saturated carbocycles. The molecule has 2 aromatic rings. The molecule has 4 rings (SSSR count). The number of hydrogen-bond donors (Lipinski definition) is 1. The Balaban J connectivity index is 2.00. The number of fused-ring (bicyclic) bond motifs is 2. The van der Waals surface area contributed by atoms with E-state index in [-0.39, 0.29) is 4.70 Å². The van der Waals surface area contributed by atoms with Crippen molar-refractivity contribution < 1.29 is 9.91 Å². The number of rotatable bonds is 2. The van der Waals surface area contributed by atoms with Crippen molar-refractivity contribution in [1.29, 1.82) is 0 Å². The van der Waals surface area contributed by atoms with Crippen LogP contribution >= 0.6 is 23.8 Å². The molecule has 0 aromatic heterocycles. The number of hydrogen-bond acceptors (Lipinski definition) is 4. The molecule has 0 bridgehead atoms. The maximum absolute atomic E-state index is 10.6. The second-order valence-corrected chi connectivity index (χ2v) is 6.16. The third-order valence-corrected chi connectivity index (χ3v) is 4.59. The average molecular weight is 344 g/mol. The minimum atomic E-state index is -0.226. The van der Waals surface area contributed by atoms with Crippen molar-refractivity contribution >= 4 is 40.7 Å². The Kier molecular flexibility index (Phi) is 3.28. The molecule has 0 radical (unpaired) electrons. The van der Waals surface area contributed by atoms with Crippen LogP contribution in [0.3, 0.4) is 0 Å². The van der Waals surface area contributed by atoms with E-state index in [1.54, 1.807) is 12.3 Å². The van der Waals surface area contributed by atoms with Crippen LogP contribution in [-0.2, 0) is 6.54 Å². The van der Waals surface area contributed by atoms with Crippen molar-refractivity contribution in [3.05, 3.63) is 69.6 Å². The van der Waals surface area contributed by atoms with Gasteiger partial charge in [0.1, 0.15) is 0 Å². The molecule has 114 valence electrons. The Morgan fingerprint density at radius 3 is 2.70 bits per heavy atom.